The van der Waals surface area contributed by atoms with E-state index in [1.165, 1.54) is 22.6 Å². The number of aryl methyl sites for hydroxylation is 1. The Balaban J connectivity index is 1.85. The Labute approximate surface area is 118 Å². The Hall–Kier alpha value is -1.00. The molecule has 19 heavy (non-hydrogen) atoms. The van der Waals surface area contributed by atoms with Gasteiger partial charge in [-0.1, -0.05) is 29.8 Å². The molecule has 2 fully saturated rings. The van der Waals surface area contributed by atoms with Crippen LogP contribution in [0.4, 0.5) is 0 Å². The molecule has 4 heteroatoms. The highest BCUT2D eigenvalue weighted by Crippen LogP contribution is 2.31. The van der Waals surface area contributed by atoms with Crippen molar-refractivity contribution in [3.05, 3.63) is 35.4 Å². The van der Waals surface area contributed by atoms with Crippen LogP contribution in [-0.4, -0.2) is 34.9 Å². The predicted molar refractivity (Wildman–Crippen MR) is 79.1 cm³/mol. The summed E-state index contributed by atoms with van der Waals surface area (Å²) in [6.45, 7) is 2.57. The number of hydrogen-bond donors (Lipinski definition) is 1. The fourth-order valence-corrected chi connectivity index (χ4v) is 4.10. The van der Waals surface area contributed by atoms with E-state index in [0.29, 0.717) is 12.6 Å². The number of nitrogens with one attached hydrogen (secondary N) is 1. The number of carbonyl (C=O) groups excluding carboxylic acids is 1. The van der Waals surface area contributed by atoms with Crippen LogP contribution < -0.4 is 5.32 Å². The lowest BCUT2D eigenvalue weighted by molar-refractivity contribution is -0.130. The van der Waals surface area contributed by atoms with Crippen LogP contribution in [-0.2, 0) is 4.79 Å². The Morgan fingerprint density at radius 3 is 2.84 bits per heavy atom. The predicted octanol–water partition coefficient (Wildman–Crippen LogP) is 2.32. The van der Waals surface area contributed by atoms with E-state index in [-0.39, 0.29) is 12.1 Å². The lowest BCUT2D eigenvalue weighted by Gasteiger charge is -2.35. The highest BCUT2D eigenvalue weighted by Gasteiger charge is 2.37. The number of benzene rings is 1. The van der Waals surface area contributed by atoms with Gasteiger partial charge in [-0.05, 0) is 36.8 Å². The molecule has 1 atom stereocenters. The fraction of sp³-hybridized carbons (Fsp3) is 0.533. The molecule has 1 N–H and O–H groups in total. The number of thioether (sulfide) groups is 1. The van der Waals surface area contributed by atoms with Crippen LogP contribution in [0.15, 0.2) is 24.3 Å². The quantitative estimate of drug-likeness (QED) is 0.900. The first-order chi connectivity index (χ1) is 9.25. The van der Waals surface area contributed by atoms with Crippen molar-refractivity contribution in [3.8, 4) is 0 Å². The van der Waals surface area contributed by atoms with Gasteiger partial charge in [0.2, 0.25) is 5.91 Å². The lowest BCUT2D eigenvalue weighted by atomic mass is 10.1. The van der Waals surface area contributed by atoms with Crippen molar-refractivity contribution in [3.63, 3.8) is 0 Å². The molecule has 0 radical (unpaired) electrons. The normalized spacial score (nSPS) is 25.0. The van der Waals surface area contributed by atoms with Crippen molar-refractivity contribution in [1.29, 1.82) is 0 Å². The van der Waals surface area contributed by atoms with Crippen LogP contribution in [0.3, 0.4) is 0 Å². The van der Waals surface area contributed by atoms with Crippen molar-refractivity contribution in [2.24, 2.45) is 0 Å². The second kappa shape index (κ2) is 5.55. The smallest absolute Gasteiger partial charge is 0.238 e. The topological polar surface area (TPSA) is 32.3 Å². The number of hydrogen-bond acceptors (Lipinski definition) is 3. The maximum Gasteiger partial charge on any atom is 0.238 e. The molecule has 2 saturated heterocycles. The number of amides is 1. The van der Waals surface area contributed by atoms with Gasteiger partial charge in [0.05, 0.1) is 6.54 Å². The van der Waals surface area contributed by atoms with Crippen LogP contribution in [0.1, 0.15) is 30.1 Å². The molecule has 3 rings (SSSR count). The zero-order chi connectivity index (χ0) is 13.2. The average molecular weight is 276 g/mol. The monoisotopic (exact) mass is 276 g/mol. The van der Waals surface area contributed by atoms with E-state index in [9.17, 15) is 4.79 Å². The SMILES string of the molecule is Cc1cccc(C2NCC(=O)N2C2CCSCC2)c1. The van der Waals surface area contributed by atoms with Crippen LogP contribution >= 0.6 is 11.8 Å². The van der Waals surface area contributed by atoms with E-state index >= 15 is 0 Å². The summed E-state index contributed by atoms with van der Waals surface area (Å²) in [5.74, 6) is 2.60. The van der Waals surface area contributed by atoms with Crippen molar-refractivity contribution >= 4 is 17.7 Å². The Kier molecular flexibility index (Phi) is 3.80. The molecule has 1 amide bonds. The molecule has 2 heterocycles. The summed E-state index contributed by atoms with van der Waals surface area (Å²) >= 11 is 2.00. The minimum Gasteiger partial charge on any atom is -0.319 e. The number of carbonyl (C=O) groups is 1. The van der Waals surface area contributed by atoms with Crippen LogP contribution in [0.2, 0.25) is 0 Å². The number of rotatable bonds is 2. The van der Waals surface area contributed by atoms with Gasteiger partial charge < -0.3 is 4.90 Å². The maximum absolute atomic E-state index is 12.2. The van der Waals surface area contributed by atoms with Crippen molar-refractivity contribution in [2.45, 2.75) is 32.0 Å². The summed E-state index contributed by atoms with van der Waals surface area (Å²) in [6, 6.07) is 8.88. The summed E-state index contributed by atoms with van der Waals surface area (Å²) in [5, 5.41) is 3.37. The summed E-state index contributed by atoms with van der Waals surface area (Å²) in [7, 11) is 0. The van der Waals surface area contributed by atoms with E-state index in [4.69, 9.17) is 0 Å². The van der Waals surface area contributed by atoms with Gasteiger partial charge in [0.25, 0.3) is 0 Å². The molecule has 0 saturated carbocycles. The fourth-order valence-electron chi connectivity index (χ4n) is 3.01. The zero-order valence-corrected chi connectivity index (χ0v) is 12.1. The summed E-state index contributed by atoms with van der Waals surface area (Å²) in [4.78, 5) is 14.3. The molecule has 1 aromatic rings. The summed E-state index contributed by atoms with van der Waals surface area (Å²) < 4.78 is 0. The second-order valence-electron chi connectivity index (χ2n) is 5.34. The van der Waals surface area contributed by atoms with Crippen LogP contribution in [0.25, 0.3) is 0 Å². The van der Waals surface area contributed by atoms with Crippen molar-refractivity contribution in [2.75, 3.05) is 18.1 Å². The van der Waals surface area contributed by atoms with Crippen molar-refractivity contribution in [1.82, 2.24) is 10.2 Å². The standard InChI is InChI=1S/C15H20N2OS/c1-11-3-2-4-12(9-11)15-16-10-14(18)17(15)13-5-7-19-8-6-13/h2-4,9,13,15-16H,5-8,10H2,1H3. The molecule has 0 aliphatic carbocycles. The van der Waals surface area contributed by atoms with Crippen LogP contribution in [0, 0.1) is 6.92 Å². The molecule has 1 aromatic carbocycles. The van der Waals surface area contributed by atoms with E-state index < -0.39 is 0 Å². The van der Waals surface area contributed by atoms with Crippen LogP contribution in [0.5, 0.6) is 0 Å². The maximum atomic E-state index is 12.2. The van der Waals surface area contributed by atoms with Gasteiger partial charge in [-0.15, -0.1) is 0 Å². The highest BCUT2D eigenvalue weighted by molar-refractivity contribution is 7.99. The van der Waals surface area contributed by atoms with Gasteiger partial charge in [-0.25, -0.2) is 0 Å². The summed E-state index contributed by atoms with van der Waals surface area (Å²) in [6.07, 6.45) is 2.32. The molecular weight excluding hydrogens is 256 g/mol. The second-order valence-corrected chi connectivity index (χ2v) is 6.57. The Morgan fingerprint density at radius 1 is 1.32 bits per heavy atom. The molecule has 3 nitrogen and oxygen atoms in total. The van der Waals surface area contributed by atoms with Gasteiger partial charge in [-0.2, -0.15) is 11.8 Å². The summed E-state index contributed by atoms with van der Waals surface area (Å²) in [5.41, 5.74) is 2.46. The third-order valence-electron chi connectivity index (χ3n) is 3.95. The molecule has 2 aliphatic rings. The minimum atomic E-state index is 0.0699. The largest absolute Gasteiger partial charge is 0.319 e. The van der Waals surface area contributed by atoms with E-state index in [0.717, 1.165) is 12.8 Å². The van der Waals surface area contributed by atoms with Gasteiger partial charge in [0, 0.05) is 6.04 Å². The molecular formula is C15H20N2OS. The first kappa shape index (κ1) is 13.0. The van der Waals surface area contributed by atoms with E-state index in [2.05, 4.69) is 41.4 Å². The van der Waals surface area contributed by atoms with Gasteiger partial charge in [0.15, 0.2) is 0 Å². The molecule has 2 aliphatic heterocycles. The first-order valence-corrected chi connectivity index (χ1v) is 8.10. The van der Waals surface area contributed by atoms with E-state index in [1.54, 1.807) is 0 Å². The highest BCUT2D eigenvalue weighted by atomic mass is 32.2. The van der Waals surface area contributed by atoms with Gasteiger partial charge >= 0.3 is 0 Å². The third kappa shape index (κ3) is 2.65. The first-order valence-electron chi connectivity index (χ1n) is 6.94. The number of nitrogens with zero attached hydrogens (tertiary/aromatic N) is 1. The molecule has 102 valence electrons. The van der Waals surface area contributed by atoms with E-state index in [1.807, 2.05) is 11.8 Å². The third-order valence-corrected chi connectivity index (χ3v) is 5.00. The zero-order valence-electron chi connectivity index (χ0n) is 11.3. The molecule has 0 bridgehead atoms. The lowest BCUT2D eigenvalue weighted by Crippen LogP contribution is -2.41. The molecule has 0 aromatic heterocycles. The Bertz CT molecular complexity index is 471. The van der Waals surface area contributed by atoms with Gasteiger partial charge in [-0.3, -0.25) is 10.1 Å². The molecule has 1 unspecified atom stereocenters. The minimum absolute atomic E-state index is 0.0699. The van der Waals surface area contributed by atoms with Crippen molar-refractivity contribution < 1.29 is 4.79 Å². The Morgan fingerprint density at radius 2 is 2.11 bits per heavy atom. The van der Waals surface area contributed by atoms with Gasteiger partial charge in [0.1, 0.15) is 6.17 Å². The average Bonchev–Trinajstić information content (AvgIpc) is 2.82. The molecule has 0 spiro atoms.